The maximum atomic E-state index is 13.6. The molecule has 1 nitrogen and oxygen atoms in total. The zero-order valence-corrected chi connectivity index (χ0v) is 21.1. The standard InChI is InChI=1S/C28H47F3O/c1-18(2)7-6-8-19(3)22-11-12-23-21-10-9-20-17-27(32,28(29,30)31)16-15-25(20,4)24(21)13-14-26(22,23)5/h18-24,32H,6-17H2,1-5H3/t19?,20?,21?,22?,23?,24?,25-,26+,27?/m0/s1. The summed E-state index contributed by atoms with van der Waals surface area (Å²) in [6.07, 6.45) is 6.92. The SMILES string of the molecule is CC(C)CCCC(C)C1CCC2C3CCC4CC(O)(C(F)(F)F)CC[C@]4(C)C3CC[C@]12C. The third-order valence-electron chi connectivity index (χ3n) is 11.5. The fraction of sp³-hybridized carbons (Fsp3) is 1.00. The highest BCUT2D eigenvalue weighted by molar-refractivity contribution is 5.11. The molecule has 1 N–H and O–H groups in total. The van der Waals surface area contributed by atoms with E-state index in [0.717, 1.165) is 36.5 Å². The molecule has 0 bridgehead atoms. The molecule has 32 heavy (non-hydrogen) atoms. The van der Waals surface area contributed by atoms with Crippen LogP contribution in [0.3, 0.4) is 0 Å². The molecule has 7 unspecified atom stereocenters. The van der Waals surface area contributed by atoms with Gasteiger partial charge < -0.3 is 5.11 Å². The largest absolute Gasteiger partial charge is 0.417 e. The Kier molecular flexibility index (Phi) is 6.57. The quantitative estimate of drug-likeness (QED) is 0.440. The third kappa shape index (κ3) is 3.97. The fourth-order valence-electron chi connectivity index (χ4n) is 9.53. The Bertz CT molecular complexity index is 674. The van der Waals surface area contributed by atoms with Gasteiger partial charge in [-0.1, -0.05) is 53.9 Å². The van der Waals surface area contributed by atoms with Crippen LogP contribution >= 0.6 is 0 Å². The van der Waals surface area contributed by atoms with Gasteiger partial charge in [-0.3, -0.25) is 0 Å². The van der Waals surface area contributed by atoms with Crippen molar-refractivity contribution in [2.45, 2.75) is 123 Å². The van der Waals surface area contributed by atoms with Crippen LogP contribution in [0.25, 0.3) is 0 Å². The van der Waals surface area contributed by atoms with Crippen molar-refractivity contribution in [2.24, 2.45) is 52.3 Å². The molecule has 0 aromatic heterocycles. The molecule has 4 rings (SSSR count). The molecule has 0 aliphatic heterocycles. The van der Waals surface area contributed by atoms with Gasteiger partial charge in [-0.05, 0) is 110 Å². The molecule has 4 heteroatoms. The Morgan fingerprint density at radius 3 is 2.19 bits per heavy atom. The Morgan fingerprint density at radius 1 is 0.844 bits per heavy atom. The van der Waals surface area contributed by atoms with Gasteiger partial charge in [0.05, 0.1) is 0 Å². The van der Waals surface area contributed by atoms with Crippen LogP contribution in [0, 0.1) is 52.3 Å². The van der Waals surface area contributed by atoms with E-state index in [4.69, 9.17) is 0 Å². The number of hydrogen-bond donors (Lipinski definition) is 1. The number of halogens is 3. The molecule has 9 atom stereocenters. The van der Waals surface area contributed by atoms with E-state index in [9.17, 15) is 18.3 Å². The maximum absolute atomic E-state index is 13.6. The topological polar surface area (TPSA) is 20.2 Å². The van der Waals surface area contributed by atoms with Gasteiger partial charge in [-0.2, -0.15) is 13.2 Å². The van der Waals surface area contributed by atoms with Crippen molar-refractivity contribution in [2.75, 3.05) is 0 Å². The van der Waals surface area contributed by atoms with Crippen molar-refractivity contribution in [1.29, 1.82) is 0 Å². The van der Waals surface area contributed by atoms with Crippen molar-refractivity contribution in [3.05, 3.63) is 0 Å². The second kappa shape index (κ2) is 8.45. The average molecular weight is 457 g/mol. The zero-order chi connectivity index (χ0) is 23.5. The smallest absolute Gasteiger partial charge is 0.380 e. The minimum absolute atomic E-state index is 0.0145. The van der Waals surface area contributed by atoms with E-state index >= 15 is 0 Å². The summed E-state index contributed by atoms with van der Waals surface area (Å²) in [5.41, 5.74) is -2.07. The highest BCUT2D eigenvalue weighted by Crippen LogP contribution is 2.69. The minimum Gasteiger partial charge on any atom is -0.380 e. The van der Waals surface area contributed by atoms with Crippen molar-refractivity contribution < 1.29 is 18.3 Å². The van der Waals surface area contributed by atoms with E-state index in [1.165, 1.54) is 44.9 Å². The van der Waals surface area contributed by atoms with Gasteiger partial charge in [0.25, 0.3) is 0 Å². The number of fused-ring (bicyclic) bond motifs is 5. The number of hydrogen-bond acceptors (Lipinski definition) is 1. The summed E-state index contributed by atoms with van der Waals surface area (Å²) < 4.78 is 40.7. The first-order chi connectivity index (χ1) is 14.8. The molecule has 4 aliphatic carbocycles. The molecule has 0 heterocycles. The van der Waals surface area contributed by atoms with Crippen LogP contribution in [0.4, 0.5) is 13.2 Å². The van der Waals surface area contributed by atoms with Crippen molar-refractivity contribution in [1.82, 2.24) is 0 Å². The average Bonchev–Trinajstić information content (AvgIpc) is 3.04. The van der Waals surface area contributed by atoms with E-state index < -0.39 is 11.8 Å². The first-order valence-corrected chi connectivity index (χ1v) is 13.6. The van der Waals surface area contributed by atoms with Crippen molar-refractivity contribution in [3.63, 3.8) is 0 Å². The summed E-state index contributed by atoms with van der Waals surface area (Å²) in [4.78, 5) is 0. The summed E-state index contributed by atoms with van der Waals surface area (Å²) >= 11 is 0. The van der Waals surface area contributed by atoms with Crippen molar-refractivity contribution in [3.8, 4) is 0 Å². The van der Waals surface area contributed by atoms with Gasteiger partial charge in [0.1, 0.15) is 0 Å². The summed E-state index contributed by atoms with van der Waals surface area (Å²) in [6, 6.07) is 0. The van der Waals surface area contributed by atoms with Crippen molar-refractivity contribution >= 4 is 0 Å². The molecule has 0 aromatic carbocycles. The molecular weight excluding hydrogens is 409 g/mol. The Balaban J connectivity index is 1.47. The summed E-state index contributed by atoms with van der Waals surface area (Å²) in [5.74, 6) is 4.37. The molecule has 0 amide bonds. The van der Waals surface area contributed by atoms with Crippen LogP contribution in [0.5, 0.6) is 0 Å². The lowest BCUT2D eigenvalue weighted by atomic mass is 9.43. The number of aliphatic hydroxyl groups is 1. The molecule has 0 spiro atoms. The predicted octanol–water partition coefficient (Wildman–Crippen LogP) is 8.40. The van der Waals surface area contributed by atoms with Gasteiger partial charge >= 0.3 is 6.18 Å². The van der Waals surface area contributed by atoms with Crippen LogP contribution in [0.15, 0.2) is 0 Å². The van der Waals surface area contributed by atoms with Gasteiger partial charge in [0, 0.05) is 0 Å². The Morgan fingerprint density at radius 2 is 1.53 bits per heavy atom. The van der Waals surface area contributed by atoms with Crippen LogP contribution in [-0.2, 0) is 0 Å². The van der Waals surface area contributed by atoms with Gasteiger partial charge in [-0.25, -0.2) is 0 Å². The van der Waals surface area contributed by atoms with Crippen LogP contribution in [0.1, 0.15) is 112 Å². The highest BCUT2D eigenvalue weighted by Gasteiger charge is 2.65. The first kappa shape index (κ1) is 24.9. The van der Waals surface area contributed by atoms with Crippen LogP contribution in [0.2, 0.25) is 0 Å². The Labute approximate surface area is 194 Å². The second-order valence-corrected chi connectivity index (χ2v) is 13.4. The lowest BCUT2D eigenvalue weighted by Crippen LogP contribution is -2.59. The molecular formula is C28H47F3O. The molecule has 186 valence electrons. The normalized spacial score (nSPS) is 47.6. The number of alkyl halides is 3. The lowest BCUT2D eigenvalue weighted by molar-refractivity contribution is -0.290. The molecule has 0 saturated heterocycles. The van der Waals surface area contributed by atoms with E-state index in [1.807, 2.05) is 0 Å². The lowest BCUT2D eigenvalue weighted by Gasteiger charge is -2.62. The van der Waals surface area contributed by atoms with E-state index in [2.05, 4.69) is 34.6 Å². The monoisotopic (exact) mass is 456 g/mol. The summed E-state index contributed by atoms with van der Waals surface area (Å²) in [6.45, 7) is 12.0. The van der Waals surface area contributed by atoms with E-state index in [-0.39, 0.29) is 24.2 Å². The third-order valence-corrected chi connectivity index (χ3v) is 11.5. The highest BCUT2D eigenvalue weighted by atomic mass is 19.4. The second-order valence-electron chi connectivity index (χ2n) is 13.4. The predicted molar refractivity (Wildman–Crippen MR) is 124 cm³/mol. The molecule has 4 fully saturated rings. The molecule has 4 saturated carbocycles. The summed E-state index contributed by atoms with van der Waals surface area (Å²) in [5, 5.41) is 10.4. The van der Waals surface area contributed by atoms with Crippen LogP contribution in [-0.4, -0.2) is 16.9 Å². The zero-order valence-electron chi connectivity index (χ0n) is 21.1. The van der Waals surface area contributed by atoms with E-state index in [1.54, 1.807) is 0 Å². The molecule has 0 aromatic rings. The maximum Gasteiger partial charge on any atom is 0.417 e. The van der Waals surface area contributed by atoms with E-state index in [0.29, 0.717) is 23.7 Å². The number of rotatable bonds is 5. The first-order valence-electron chi connectivity index (χ1n) is 13.6. The Hall–Kier alpha value is -0.250. The van der Waals surface area contributed by atoms with Gasteiger partial charge in [-0.15, -0.1) is 0 Å². The van der Waals surface area contributed by atoms with Gasteiger partial charge in [0.2, 0.25) is 0 Å². The molecule has 4 aliphatic rings. The van der Waals surface area contributed by atoms with Crippen LogP contribution < -0.4 is 0 Å². The minimum atomic E-state index is -4.50. The summed E-state index contributed by atoms with van der Waals surface area (Å²) in [7, 11) is 0. The molecule has 0 radical (unpaired) electrons. The fourth-order valence-corrected chi connectivity index (χ4v) is 9.53. The van der Waals surface area contributed by atoms with Gasteiger partial charge in [0.15, 0.2) is 5.60 Å².